The number of ether oxygens (including phenoxy) is 1. The zero-order valence-corrected chi connectivity index (χ0v) is 12.5. The fraction of sp³-hybridized carbons (Fsp3) is 0.375. The van der Waals surface area contributed by atoms with E-state index in [9.17, 15) is 4.79 Å². The van der Waals surface area contributed by atoms with E-state index in [1.165, 1.54) is 0 Å². The lowest BCUT2D eigenvalue weighted by atomic mass is 10.1. The third-order valence-corrected chi connectivity index (χ3v) is 3.58. The Morgan fingerprint density at radius 1 is 1.38 bits per heavy atom. The van der Waals surface area contributed by atoms with Crippen LogP contribution >= 0.6 is 0 Å². The van der Waals surface area contributed by atoms with Crippen molar-refractivity contribution in [3.8, 4) is 5.75 Å². The molecule has 1 heterocycles. The van der Waals surface area contributed by atoms with Crippen LogP contribution in [-0.4, -0.2) is 35.8 Å². The van der Waals surface area contributed by atoms with Gasteiger partial charge in [0.05, 0.1) is 13.5 Å². The van der Waals surface area contributed by atoms with Gasteiger partial charge in [0.25, 0.3) is 0 Å². The Balaban J connectivity index is 2.51. The summed E-state index contributed by atoms with van der Waals surface area (Å²) in [7, 11) is 1.64. The van der Waals surface area contributed by atoms with Gasteiger partial charge in [0.1, 0.15) is 11.6 Å². The van der Waals surface area contributed by atoms with Crippen LogP contribution in [0, 0.1) is 0 Å². The molecule has 0 aliphatic heterocycles. The van der Waals surface area contributed by atoms with Crippen LogP contribution in [0.5, 0.6) is 5.75 Å². The standard InChI is InChI=1S/C16H20N2O3/c1-4-18(11(2)10-15(19)20)16-13-6-5-7-14(21-3)12(13)8-9-17-16/h5-9,11H,4,10H2,1-3H3,(H,19,20). The highest BCUT2D eigenvalue weighted by Gasteiger charge is 2.19. The number of aromatic nitrogens is 1. The Hall–Kier alpha value is -2.30. The summed E-state index contributed by atoms with van der Waals surface area (Å²) in [5, 5.41) is 10.9. The van der Waals surface area contributed by atoms with Gasteiger partial charge in [-0.1, -0.05) is 12.1 Å². The first kappa shape index (κ1) is 15.1. The summed E-state index contributed by atoms with van der Waals surface area (Å²) in [6, 6.07) is 7.59. The molecule has 1 unspecified atom stereocenters. The van der Waals surface area contributed by atoms with E-state index < -0.39 is 5.97 Å². The highest BCUT2D eigenvalue weighted by atomic mass is 16.5. The summed E-state index contributed by atoms with van der Waals surface area (Å²) in [5.41, 5.74) is 0. The molecule has 0 aliphatic rings. The minimum absolute atomic E-state index is 0.0792. The number of carboxylic acid groups (broad SMARTS) is 1. The van der Waals surface area contributed by atoms with Crippen molar-refractivity contribution in [3.63, 3.8) is 0 Å². The minimum atomic E-state index is -0.807. The van der Waals surface area contributed by atoms with Crippen LogP contribution in [0.3, 0.4) is 0 Å². The molecule has 0 fully saturated rings. The lowest BCUT2D eigenvalue weighted by molar-refractivity contribution is -0.137. The Kier molecular flexibility index (Phi) is 4.62. The van der Waals surface area contributed by atoms with Crippen molar-refractivity contribution < 1.29 is 14.6 Å². The van der Waals surface area contributed by atoms with Crippen molar-refractivity contribution in [3.05, 3.63) is 30.5 Å². The second-order valence-corrected chi connectivity index (χ2v) is 4.92. The van der Waals surface area contributed by atoms with Crippen LogP contribution in [0.25, 0.3) is 10.8 Å². The van der Waals surface area contributed by atoms with Gasteiger partial charge in [-0.2, -0.15) is 0 Å². The number of pyridine rings is 1. The Morgan fingerprint density at radius 3 is 2.76 bits per heavy atom. The second-order valence-electron chi connectivity index (χ2n) is 4.92. The molecule has 0 amide bonds. The number of hydrogen-bond acceptors (Lipinski definition) is 4. The summed E-state index contributed by atoms with van der Waals surface area (Å²) in [5.74, 6) is 0.777. The zero-order chi connectivity index (χ0) is 15.4. The summed E-state index contributed by atoms with van der Waals surface area (Å²) in [6.07, 6.45) is 1.81. The summed E-state index contributed by atoms with van der Waals surface area (Å²) < 4.78 is 5.38. The zero-order valence-electron chi connectivity index (χ0n) is 12.5. The van der Waals surface area contributed by atoms with Crippen LogP contribution < -0.4 is 9.64 Å². The van der Waals surface area contributed by atoms with Gasteiger partial charge in [0, 0.05) is 29.6 Å². The van der Waals surface area contributed by atoms with Crippen molar-refractivity contribution in [2.24, 2.45) is 0 Å². The normalized spacial score (nSPS) is 12.1. The highest BCUT2D eigenvalue weighted by molar-refractivity contribution is 5.96. The molecule has 2 rings (SSSR count). The monoisotopic (exact) mass is 288 g/mol. The van der Waals surface area contributed by atoms with E-state index in [2.05, 4.69) is 4.98 Å². The first-order valence-corrected chi connectivity index (χ1v) is 6.98. The van der Waals surface area contributed by atoms with E-state index in [1.54, 1.807) is 13.3 Å². The Morgan fingerprint density at radius 2 is 2.14 bits per heavy atom. The molecule has 1 atom stereocenters. The Labute approximate surface area is 124 Å². The van der Waals surface area contributed by atoms with Crippen molar-refractivity contribution >= 4 is 22.6 Å². The van der Waals surface area contributed by atoms with Crippen LogP contribution in [0.1, 0.15) is 20.3 Å². The van der Waals surface area contributed by atoms with Crippen molar-refractivity contribution in [1.82, 2.24) is 4.98 Å². The average molecular weight is 288 g/mol. The quantitative estimate of drug-likeness (QED) is 0.885. The number of methoxy groups -OCH3 is 1. The molecule has 5 heteroatoms. The molecule has 0 spiro atoms. The topological polar surface area (TPSA) is 62.7 Å². The Bertz CT molecular complexity index is 642. The molecule has 0 saturated heterocycles. The number of carboxylic acids is 1. The SMILES string of the molecule is CCN(c1nccc2c(OC)cccc12)C(C)CC(=O)O. The summed E-state index contributed by atoms with van der Waals surface area (Å²) in [4.78, 5) is 17.4. The van der Waals surface area contributed by atoms with Gasteiger partial charge >= 0.3 is 5.97 Å². The predicted molar refractivity (Wildman–Crippen MR) is 83.0 cm³/mol. The van der Waals surface area contributed by atoms with E-state index in [1.807, 2.05) is 43.0 Å². The van der Waals surface area contributed by atoms with Gasteiger partial charge in [-0.25, -0.2) is 4.98 Å². The smallest absolute Gasteiger partial charge is 0.305 e. The van der Waals surface area contributed by atoms with Crippen LogP contribution in [0.4, 0.5) is 5.82 Å². The van der Waals surface area contributed by atoms with E-state index >= 15 is 0 Å². The molecular weight excluding hydrogens is 268 g/mol. The number of rotatable bonds is 6. The number of aliphatic carboxylic acids is 1. The maximum Gasteiger partial charge on any atom is 0.305 e. The van der Waals surface area contributed by atoms with E-state index in [0.717, 1.165) is 22.3 Å². The van der Waals surface area contributed by atoms with Crippen LogP contribution in [0.2, 0.25) is 0 Å². The fourth-order valence-corrected chi connectivity index (χ4v) is 2.60. The van der Waals surface area contributed by atoms with Crippen molar-refractivity contribution in [2.75, 3.05) is 18.6 Å². The average Bonchev–Trinajstić information content (AvgIpc) is 2.46. The number of fused-ring (bicyclic) bond motifs is 1. The van der Waals surface area contributed by atoms with Crippen LogP contribution in [0.15, 0.2) is 30.5 Å². The molecule has 2 aromatic rings. The molecule has 1 aromatic carbocycles. The number of carbonyl (C=O) groups is 1. The highest BCUT2D eigenvalue weighted by Crippen LogP contribution is 2.31. The van der Waals surface area contributed by atoms with Gasteiger partial charge < -0.3 is 14.7 Å². The van der Waals surface area contributed by atoms with Gasteiger partial charge in [-0.15, -0.1) is 0 Å². The van der Waals surface area contributed by atoms with Crippen molar-refractivity contribution in [1.29, 1.82) is 0 Å². The fourth-order valence-electron chi connectivity index (χ4n) is 2.60. The first-order valence-electron chi connectivity index (χ1n) is 6.98. The van der Waals surface area contributed by atoms with E-state index in [0.29, 0.717) is 6.54 Å². The molecule has 1 N–H and O–H groups in total. The molecule has 112 valence electrons. The number of hydrogen-bond donors (Lipinski definition) is 1. The molecule has 0 aliphatic carbocycles. The van der Waals surface area contributed by atoms with Crippen LogP contribution in [-0.2, 0) is 4.79 Å². The molecule has 0 radical (unpaired) electrons. The van der Waals surface area contributed by atoms with E-state index in [-0.39, 0.29) is 12.5 Å². The lowest BCUT2D eigenvalue weighted by Gasteiger charge is -2.29. The maximum absolute atomic E-state index is 11.0. The molecule has 0 saturated carbocycles. The molecular formula is C16H20N2O3. The molecule has 5 nitrogen and oxygen atoms in total. The van der Waals surface area contributed by atoms with Gasteiger partial charge in [0.2, 0.25) is 0 Å². The van der Waals surface area contributed by atoms with Gasteiger partial charge in [0.15, 0.2) is 0 Å². The van der Waals surface area contributed by atoms with Gasteiger partial charge in [-0.05, 0) is 26.0 Å². The molecule has 21 heavy (non-hydrogen) atoms. The third kappa shape index (κ3) is 3.07. The largest absolute Gasteiger partial charge is 0.496 e. The minimum Gasteiger partial charge on any atom is -0.496 e. The number of anilines is 1. The predicted octanol–water partition coefficient (Wildman–Crippen LogP) is 2.93. The second kappa shape index (κ2) is 6.43. The van der Waals surface area contributed by atoms with E-state index in [4.69, 9.17) is 9.84 Å². The molecule has 1 aromatic heterocycles. The summed E-state index contributed by atoms with van der Waals surface area (Å²) >= 11 is 0. The first-order chi connectivity index (χ1) is 10.1. The molecule has 0 bridgehead atoms. The maximum atomic E-state index is 11.0. The van der Waals surface area contributed by atoms with Gasteiger partial charge in [-0.3, -0.25) is 4.79 Å². The number of nitrogens with zero attached hydrogens (tertiary/aromatic N) is 2. The van der Waals surface area contributed by atoms with Crippen molar-refractivity contribution in [2.45, 2.75) is 26.3 Å². The number of benzene rings is 1. The summed E-state index contributed by atoms with van der Waals surface area (Å²) in [6.45, 7) is 4.59. The third-order valence-electron chi connectivity index (χ3n) is 3.58. The lowest BCUT2D eigenvalue weighted by Crippen LogP contribution is -2.35.